The van der Waals surface area contributed by atoms with Crippen LogP contribution in [0.5, 0.6) is 0 Å². The van der Waals surface area contributed by atoms with Gasteiger partial charge in [0.05, 0.1) is 12.7 Å². The summed E-state index contributed by atoms with van der Waals surface area (Å²) >= 11 is 0. The van der Waals surface area contributed by atoms with Crippen LogP contribution in [0.4, 0.5) is 5.82 Å². The van der Waals surface area contributed by atoms with Crippen molar-refractivity contribution in [2.75, 3.05) is 7.11 Å². The van der Waals surface area contributed by atoms with Gasteiger partial charge in [0.25, 0.3) is 0 Å². The van der Waals surface area contributed by atoms with Crippen molar-refractivity contribution >= 4 is 18.3 Å². The van der Waals surface area contributed by atoms with Gasteiger partial charge in [-0.2, -0.15) is 0 Å². The lowest BCUT2D eigenvalue weighted by Crippen LogP contribution is -1.90. The molecule has 0 saturated heterocycles. The van der Waals surface area contributed by atoms with E-state index >= 15 is 0 Å². The Balaban J connectivity index is 3.23. The number of methoxy groups -OCH3 is 1. The molecule has 0 atom stereocenters. The van der Waals surface area contributed by atoms with E-state index in [4.69, 9.17) is 4.74 Å². The number of aromatic nitrogens is 1. The molecule has 1 aromatic heterocycles. The van der Waals surface area contributed by atoms with Gasteiger partial charge in [-0.3, -0.25) is 0 Å². The number of aliphatic imine (C=N–C) groups is 1. The molecule has 0 unspecified atom stereocenters. The van der Waals surface area contributed by atoms with Crippen LogP contribution in [0.15, 0.2) is 23.8 Å². The predicted molar refractivity (Wildman–Crippen MR) is 54.2 cm³/mol. The zero-order valence-electron chi connectivity index (χ0n) is 7.87. The van der Waals surface area contributed by atoms with Crippen LogP contribution in [-0.4, -0.2) is 18.8 Å². The molecule has 68 valence electrons. The minimum Gasteiger partial charge on any atom is -0.497 e. The third-order valence-corrected chi connectivity index (χ3v) is 1.70. The fraction of sp³-hybridized carbons (Fsp3) is 0.200. The van der Waals surface area contributed by atoms with Gasteiger partial charge in [-0.25, -0.2) is 9.98 Å². The highest BCUT2D eigenvalue weighted by molar-refractivity contribution is 5.68. The minimum atomic E-state index is 0.553. The van der Waals surface area contributed by atoms with E-state index in [-0.39, 0.29) is 0 Å². The molecule has 0 spiro atoms. The quantitative estimate of drug-likeness (QED) is 0.523. The molecule has 3 nitrogen and oxygen atoms in total. The van der Waals surface area contributed by atoms with Crippen LogP contribution in [0, 0.1) is 6.92 Å². The first-order chi connectivity index (χ1) is 6.19. The summed E-state index contributed by atoms with van der Waals surface area (Å²) in [7, 11) is 1.57. The van der Waals surface area contributed by atoms with Crippen LogP contribution in [0.2, 0.25) is 0 Å². The van der Waals surface area contributed by atoms with Crippen molar-refractivity contribution in [2.24, 2.45) is 4.99 Å². The third-order valence-electron chi connectivity index (χ3n) is 1.70. The summed E-state index contributed by atoms with van der Waals surface area (Å²) in [6, 6.07) is 1.92. The Morgan fingerprint density at radius 3 is 2.85 bits per heavy atom. The van der Waals surface area contributed by atoms with Crippen molar-refractivity contribution in [1.29, 1.82) is 0 Å². The highest BCUT2D eigenvalue weighted by atomic mass is 16.5. The SMILES string of the molecule is C=Nc1ncc(C)cc1C(=C)OC. The van der Waals surface area contributed by atoms with Crippen molar-refractivity contribution in [3.8, 4) is 0 Å². The molecule has 1 heterocycles. The summed E-state index contributed by atoms with van der Waals surface area (Å²) in [5, 5.41) is 0. The van der Waals surface area contributed by atoms with Gasteiger partial charge < -0.3 is 4.74 Å². The lowest BCUT2D eigenvalue weighted by Gasteiger charge is -2.07. The predicted octanol–water partition coefficient (Wildman–Crippen LogP) is 2.34. The second-order valence-electron chi connectivity index (χ2n) is 2.67. The zero-order chi connectivity index (χ0) is 9.84. The Bertz CT molecular complexity index is 345. The second-order valence-corrected chi connectivity index (χ2v) is 2.67. The van der Waals surface area contributed by atoms with Crippen LogP contribution >= 0.6 is 0 Å². The average Bonchev–Trinajstić information content (AvgIpc) is 2.16. The molecular formula is C10H12N2O. The highest BCUT2D eigenvalue weighted by Crippen LogP contribution is 2.23. The maximum atomic E-state index is 5.01. The van der Waals surface area contributed by atoms with Crippen LogP contribution in [-0.2, 0) is 4.74 Å². The second kappa shape index (κ2) is 3.85. The Morgan fingerprint density at radius 1 is 1.62 bits per heavy atom. The van der Waals surface area contributed by atoms with E-state index in [0.717, 1.165) is 11.1 Å². The fourth-order valence-corrected chi connectivity index (χ4v) is 1.00. The van der Waals surface area contributed by atoms with Gasteiger partial charge in [0.1, 0.15) is 5.76 Å². The molecule has 0 bridgehead atoms. The first kappa shape index (κ1) is 9.45. The van der Waals surface area contributed by atoms with E-state index in [2.05, 4.69) is 23.3 Å². The van der Waals surface area contributed by atoms with Crippen molar-refractivity contribution in [1.82, 2.24) is 4.98 Å². The average molecular weight is 176 g/mol. The normalized spacial score (nSPS) is 9.38. The van der Waals surface area contributed by atoms with E-state index in [1.807, 2.05) is 13.0 Å². The van der Waals surface area contributed by atoms with Gasteiger partial charge in [-0.15, -0.1) is 0 Å². The van der Waals surface area contributed by atoms with Gasteiger partial charge in [0.15, 0.2) is 5.82 Å². The molecule has 1 rings (SSSR count). The Hall–Kier alpha value is -1.64. The highest BCUT2D eigenvalue weighted by Gasteiger charge is 2.06. The zero-order valence-corrected chi connectivity index (χ0v) is 7.87. The third kappa shape index (κ3) is 1.93. The molecule has 0 aliphatic rings. The van der Waals surface area contributed by atoms with Crippen molar-refractivity contribution < 1.29 is 4.74 Å². The van der Waals surface area contributed by atoms with Crippen LogP contribution in [0.25, 0.3) is 5.76 Å². The molecule has 0 aliphatic heterocycles. The van der Waals surface area contributed by atoms with E-state index < -0.39 is 0 Å². The molecule has 0 saturated carbocycles. The standard InChI is InChI=1S/C10H12N2O/c1-7-5-9(8(2)13-4)10(11-3)12-6-7/h5-6H,2-3H2,1,4H3. The van der Waals surface area contributed by atoms with Crippen LogP contribution < -0.4 is 0 Å². The lowest BCUT2D eigenvalue weighted by atomic mass is 10.2. The number of nitrogens with zero attached hydrogens (tertiary/aromatic N) is 2. The first-order valence-electron chi connectivity index (χ1n) is 3.85. The van der Waals surface area contributed by atoms with Crippen molar-refractivity contribution in [3.63, 3.8) is 0 Å². The maximum absolute atomic E-state index is 5.01. The van der Waals surface area contributed by atoms with E-state index in [0.29, 0.717) is 11.6 Å². The monoisotopic (exact) mass is 176 g/mol. The molecule has 0 fully saturated rings. The largest absolute Gasteiger partial charge is 0.497 e. The van der Waals surface area contributed by atoms with Gasteiger partial charge in [0.2, 0.25) is 0 Å². The van der Waals surface area contributed by atoms with Gasteiger partial charge >= 0.3 is 0 Å². The molecule has 0 aromatic carbocycles. The molecular weight excluding hydrogens is 164 g/mol. The van der Waals surface area contributed by atoms with Crippen molar-refractivity contribution in [2.45, 2.75) is 6.92 Å². The Kier molecular flexibility index (Phi) is 2.80. The smallest absolute Gasteiger partial charge is 0.162 e. The Morgan fingerprint density at radius 2 is 2.31 bits per heavy atom. The molecule has 1 aromatic rings. The van der Waals surface area contributed by atoms with E-state index in [1.165, 1.54) is 0 Å². The number of ether oxygens (including phenoxy) is 1. The number of hydrogen-bond acceptors (Lipinski definition) is 3. The molecule has 3 heteroatoms. The molecule has 0 aliphatic carbocycles. The summed E-state index contributed by atoms with van der Waals surface area (Å²) in [6.45, 7) is 9.12. The fourth-order valence-electron chi connectivity index (χ4n) is 1.00. The maximum Gasteiger partial charge on any atom is 0.162 e. The van der Waals surface area contributed by atoms with Crippen molar-refractivity contribution in [3.05, 3.63) is 30.0 Å². The number of aryl methyl sites for hydroxylation is 1. The summed E-state index contributed by atoms with van der Waals surface area (Å²) < 4.78 is 5.01. The van der Waals surface area contributed by atoms with Gasteiger partial charge in [0, 0.05) is 6.20 Å². The van der Waals surface area contributed by atoms with Gasteiger partial charge in [-0.1, -0.05) is 6.58 Å². The van der Waals surface area contributed by atoms with E-state index in [1.54, 1.807) is 13.3 Å². The number of pyridine rings is 1. The van der Waals surface area contributed by atoms with E-state index in [9.17, 15) is 0 Å². The van der Waals surface area contributed by atoms with Crippen LogP contribution in [0.1, 0.15) is 11.1 Å². The minimum absolute atomic E-state index is 0.553. The summed E-state index contributed by atoms with van der Waals surface area (Å²) in [5.74, 6) is 1.11. The summed E-state index contributed by atoms with van der Waals surface area (Å²) in [5.41, 5.74) is 1.83. The van der Waals surface area contributed by atoms with Gasteiger partial charge in [-0.05, 0) is 25.3 Å². The molecule has 0 amide bonds. The molecule has 13 heavy (non-hydrogen) atoms. The lowest BCUT2D eigenvalue weighted by molar-refractivity contribution is 0.371. The summed E-state index contributed by atoms with van der Waals surface area (Å²) in [4.78, 5) is 7.87. The topological polar surface area (TPSA) is 34.5 Å². The molecule has 0 N–H and O–H groups in total. The first-order valence-corrected chi connectivity index (χ1v) is 3.85. The number of rotatable bonds is 3. The number of hydrogen-bond donors (Lipinski definition) is 0. The Labute approximate surface area is 77.8 Å². The van der Waals surface area contributed by atoms with Crippen LogP contribution in [0.3, 0.4) is 0 Å². The summed E-state index contributed by atoms with van der Waals surface area (Å²) in [6.07, 6.45) is 1.73. The molecule has 0 radical (unpaired) electrons.